The highest BCUT2D eigenvalue weighted by molar-refractivity contribution is 5.78. The number of nitrogens with one attached hydrogen (secondary N) is 2. The zero-order valence-corrected chi connectivity index (χ0v) is 13.1. The molecule has 1 aromatic heterocycles. The highest BCUT2D eigenvalue weighted by atomic mass is 15.2. The normalized spacial score (nSPS) is 30.8. The van der Waals surface area contributed by atoms with E-state index >= 15 is 0 Å². The van der Waals surface area contributed by atoms with Crippen molar-refractivity contribution in [2.75, 3.05) is 11.9 Å². The first kappa shape index (κ1) is 12.4. The molecule has 3 rings (SSSR count). The maximum Gasteiger partial charge on any atom is 0.134 e. The Morgan fingerprint density at radius 3 is 2.80 bits per heavy atom. The zero-order valence-electron chi connectivity index (χ0n) is 14.1. The van der Waals surface area contributed by atoms with Crippen molar-refractivity contribution < 1.29 is 1.41 Å². The second-order valence-electron chi connectivity index (χ2n) is 7.27. The van der Waals surface area contributed by atoms with Crippen LogP contribution in [0.1, 0.15) is 45.4 Å². The van der Waals surface area contributed by atoms with Crippen LogP contribution in [0.4, 0.5) is 5.82 Å². The van der Waals surface area contributed by atoms with E-state index < -0.39 is 0 Å². The molecule has 1 aromatic rings. The molecule has 2 N–H and O–H groups in total. The molecular formula is C17H25N3. The van der Waals surface area contributed by atoms with Crippen LogP contribution >= 0.6 is 0 Å². The number of anilines is 1. The molecule has 2 unspecified atom stereocenters. The average molecular weight is 272 g/mol. The quantitative estimate of drug-likeness (QED) is 0.760. The molecular weight excluding hydrogens is 246 g/mol. The molecule has 1 saturated heterocycles. The molecule has 0 bridgehead atoms. The van der Waals surface area contributed by atoms with Gasteiger partial charge < -0.3 is 10.6 Å². The SMILES string of the molecule is [2H]N1CCC2(C=C(C)c3ccc(C)nc3N2)C1C(C)(C)C. The molecule has 0 aromatic carbocycles. The Morgan fingerprint density at radius 2 is 2.10 bits per heavy atom. The van der Waals surface area contributed by atoms with E-state index in [0.29, 0.717) is 0 Å². The zero-order chi connectivity index (χ0) is 15.4. The van der Waals surface area contributed by atoms with Gasteiger partial charge in [-0.1, -0.05) is 26.8 Å². The lowest BCUT2D eigenvalue weighted by Gasteiger charge is -2.44. The van der Waals surface area contributed by atoms with Gasteiger partial charge in [0.15, 0.2) is 0 Å². The maximum absolute atomic E-state index is 8.34. The molecule has 20 heavy (non-hydrogen) atoms. The van der Waals surface area contributed by atoms with E-state index in [1.807, 2.05) is 6.92 Å². The van der Waals surface area contributed by atoms with Gasteiger partial charge in [-0.25, -0.2) is 4.98 Å². The number of rotatable bonds is 0. The van der Waals surface area contributed by atoms with Crippen LogP contribution < -0.4 is 10.6 Å². The van der Waals surface area contributed by atoms with E-state index in [1.165, 1.54) is 11.1 Å². The summed E-state index contributed by atoms with van der Waals surface area (Å²) < 4.78 is 8.34. The predicted octanol–water partition coefficient (Wildman–Crippen LogP) is 3.37. The van der Waals surface area contributed by atoms with Crippen molar-refractivity contribution >= 4 is 11.4 Å². The van der Waals surface area contributed by atoms with Crippen molar-refractivity contribution in [2.24, 2.45) is 5.41 Å². The van der Waals surface area contributed by atoms with E-state index in [4.69, 9.17) is 6.40 Å². The van der Waals surface area contributed by atoms with Gasteiger partial charge in [0.2, 0.25) is 0 Å². The summed E-state index contributed by atoms with van der Waals surface area (Å²) in [5, 5.41) is 5.43. The number of aryl methyl sites for hydroxylation is 1. The Hall–Kier alpha value is -1.35. The molecule has 0 amide bonds. The van der Waals surface area contributed by atoms with Gasteiger partial charge >= 0.3 is 0 Å². The van der Waals surface area contributed by atoms with Gasteiger partial charge in [0.25, 0.3) is 0 Å². The number of allylic oxidation sites excluding steroid dienone is 1. The largest absolute Gasteiger partial charge is 0.359 e. The number of pyridine rings is 1. The maximum atomic E-state index is 8.34. The molecule has 108 valence electrons. The smallest absolute Gasteiger partial charge is 0.134 e. The Labute approximate surface area is 123 Å². The fourth-order valence-corrected chi connectivity index (χ4v) is 3.70. The number of hydrogen-bond acceptors (Lipinski definition) is 3. The summed E-state index contributed by atoms with van der Waals surface area (Å²) in [6.45, 7) is 11.6. The fraction of sp³-hybridized carbons (Fsp3) is 0.588. The molecule has 0 saturated carbocycles. The van der Waals surface area contributed by atoms with E-state index in [0.717, 1.165) is 24.5 Å². The minimum absolute atomic E-state index is 0.0311. The standard InChI is InChI=1S/C17H25N3/c1-11-10-17(8-9-18-15(17)16(3,4)5)20-14-13(11)7-6-12(2)19-14/h6-7,10,15,18H,8-9H2,1-5H3,(H,19,20)/i/hD. The number of aromatic nitrogens is 1. The van der Waals surface area contributed by atoms with Crippen molar-refractivity contribution in [3.8, 4) is 0 Å². The molecule has 1 fully saturated rings. The van der Waals surface area contributed by atoms with Gasteiger partial charge in [-0.2, -0.15) is 0 Å². The highest BCUT2D eigenvalue weighted by Crippen LogP contribution is 2.42. The van der Waals surface area contributed by atoms with Crippen molar-refractivity contribution in [2.45, 2.75) is 52.6 Å². The van der Waals surface area contributed by atoms with Crippen LogP contribution in [0, 0.1) is 12.3 Å². The van der Waals surface area contributed by atoms with E-state index in [9.17, 15) is 0 Å². The van der Waals surface area contributed by atoms with Crippen LogP contribution in [0.15, 0.2) is 18.2 Å². The summed E-state index contributed by atoms with van der Waals surface area (Å²) in [4.78, 5) is 4.69. The molecule has 1 spiro atoms. The molecule has 2 aliphatic rings. The minimum Gasteiger partial charge on any atom is -0.359 e. The van der Waals surface area contributed by atoms with Gasteiger partial charge in [0, 0.05) is 17.3 Å². The van der Waals surface area contributed by atoms with Crippen molar-refractivity contribution in [1.82, 2.24) is 10.3 Å². The Bertz CT molecular complexity index is 603. The molecule has 3 heteroatoms. The second-order valence-corrected chi connectivity index (χ2v) is 7.27. The first-order chi connectivity index (χ1) is 9.73. The van der Waals surface area contributed by atoms with Crippen LogP contribution in [0.3, 0.4) is 0 Å². The van der Waals surface area contributed by atoms with Crippen LogP contribution in [0.2, 0.25) is 1.41 Å². The van der Waals surface area contributed by atoms with Gasteiger partial charge in [-0.3, -0.25) is 0 Å². The van der Waals surface area contributed by atoms with Crippen LogP contribution in [0.5, 0.6) is 0 Å². The second kappa shape index (κ2) is 4.32. The highest BCUT2D eigenvalue weighted by Gasteiger charge is 2.48. The van der Waals surface area contributed by atoms with Crippen molar-refractivity contribution in [3.05, 3.63) is 29.5 Å². The lowest BCUT2D eigenvalue weighted by atomic mass is 9.73. The van der Waals surface area contributed by atoms with E-state index in [1.54, 1.807) is 5.31 Å². The monoisotopic (exact) mass is 272 g/mol. The van der Waals surface area contributed by atoms with Crippen LogP contribution in [-0.2, 0) is 0 Å². The molecule has 3 nitrogen and oxygen atoms in total. The topological polar surface area (TPSA) is 37.0 Å². The summed E-state index contributed by atoms with van der Waals surface area (Å²) in [7, 11) is 0. The predicted molar refractivity (Wildman–Crippen MR) is 84.8 cm³/mol. The molecule has 2 atom stereocenters. The van der Waals surface area contributed by atoms with Crippen LogP contribution in [0.25, 0.3) is 5.57 Å². The van der Waals surface area contributed by atoms with Crippen LogP contribution in [-0.4, -0.2) is 23.1 Å². The Kier molecular flexibility index (Phi) is 2.68. The lowest BCUT2D eigenvalue weighted by molar-refractivity contribution is 0.250. The van der Waals surface area contributed by atoms with Crippen molar-refractivity contribution in [1.29, 1.82) is 0 Å². The minimum atomic E-state index is -0.183. The first-order valence-corrected chi connectivity index (χ1v) is 7.44. The molecule has 0 radical (unpaired) electrons. The summed E-state index contributed by atoms with van der Waals surface area (Å²) >= 11 is 0. The molecule has 2 aliphatic heterocycles. The van der Waals surface area contributed by atoms with Gasteiger partial charge in [0.05, 0.1) is 5.54 Å². The van der Waals surface area contributed by atoms with Gasteiger partial charge in [-0.05, 0) is 49.9 Å². The van der Waals surface area contributed by atoms with E-state index in [-0.39, 0.29) is 17.0 Å². The summed E-state index contributed by atoms with van der Waals surface area (Å²) in [6.07, 6.45) is 3.28. The number of hydrogen-bond donors (Lipinski definition) is 2. The summed E-state index contributed by atoms with van der Waals surface area (Å²) in [5.74, 6) is 0.972. The first-order valence-electron chi connectivity index (χ1n) is 7.89. The lowest BCUT2D eigenvalue weighted by Crippen LogP contribution is -2.55. The Morgan fingerprint density at radius 1 is 1.35 bits per heavy atom. The molecule has 3 heterocycles. The summed E-state index contributed by atoms with van der Waals surface area (Å²) in [5.41, 5.74) is 3.32. The van der Waals surface area contributed by atoms with E-state index in [2.05, 4.69) is 51.2 Å². The Balaban J connectivity index is 2.10. The van der Waals surface area contributed by atoms with Gasteiger partial charge in [0.1, 0.15) is 7.23 Å². The molecule has 0 aliphatic carbocycles. The fourth-order valence-electron chi connectivity index (χ4n) is 3.70. The average Bonchev–Trinajstić information content (AvgIpc) is 2.64. The third-order valence-electron chi connectivity index (χ3n) is 4.43. The number of nitrogens with zero attached hydrogens (tertiary/aromatic N) is 1. The number of fused-ring (bicyclic) bond motifs is 1. The third-order valence-corrected chi connectivity index (χ3v) is 4.43. The third kappa shape index (κ3) is 2.05. The van der Waals surface area contributed by atoms with Crippen molar-refractivity contribution in [3.63, 3.8) is 0 Å². The summed E-state index contributed by atoms with van der Waals surface area (Å²) in [6, 6.07) is 4.33. The van der Waals surface area contributed by atoms with Gasteiger partial charge in [-0.15, -0.1) is 0 Å².